The molecular formula is C16H13FN2O. The first-order chi connectivity index (χ1) is 9.79. The van der Waals surface area contributed by atoms with Crippen LogP contribution in [0.25, 0.3) is 0 Å². The van der Waals surface area contributed by atoms with E-state index < -0.39 is 0 Å². The van der Waals surface area contributed by atoms with Crippen LogP contribution < -0.4 is 10.2 Å². The Hall–Kier alpha value is -2.80. The van der Waals surface area contributed by atoms with E-state index in [1.54, 1.807) is 18.3 Å². The quantitative estimate of drug-likeness (QED) is 0.513. The second kappa shape index (κ2) is 6.95. The molecule has 0 aliphatic heterocycles. The van der Waals surface area contributed by atoms with Crippen molar-refractivity contribution in [1.82, 2.24) is 0 Å². The van der Waals surface area contributed by atoms with E-state index in [2.05, 4.69) is 16.4 Å². The van der Waals surface area contributed by atoms with Gasteiger partial charge in [0.25, 0.3) is 0 Å². The minimum absolute atomic E-state index is 0.205. The van der Waals surface area contributed by atoms with Gasteiger partial charge in [-0.25, -0.2) is 4.39 Å². The number of hydrogen-bond acceptors (Lipinski definition) is 3. The van der Waals surface area contributed by atoms with Crippen molar-refractivity contribution < 1.29 is 9.13 Å². The molecule has 20 heavy (non-hydrogen) atoms. The average Bonchev–Trinajstić information content (AvgIpc) is 2.48. The summed E-state index contributed by atoms with van der Waals surface area (Å²) in [5.41, 5.74) is 4.31. The number of anilines is 1. The standard InChI is InChI=1S/C16H13FN2O/c1-2-11-20-16-6-4-3-5-13(16)12-18-19-15-9-7-14(17)8-10-15/h1,3-10,12,19H,11H2/b18-12-. The Morgan fingerprint density at radius 1 is 1.20 bits per heavy atom. The lowest BCUT2D eigenvalue weighted by molar-refractivity contribution is 0.370. The number of benzene rings is 2. The fourth-order valence-corrected chi connectivity index (χ4v) is 1.54. The molecule has 3 nitrogen and oxygen atoms in total. The zero-order valence-electron chi connectivity index (χ0n) is 10.7. The van der Waals surface area contributed by atoms with Crippen LogP contribution in [0, 0.1) is 18.2 Å². The third-order valence-electron chi connectivity index (χ3n) is 2.47. The second-order valence-electron chi connectivity index (χ2n) is 3.91. The van der Waals surface area contributed by atoms with E-state index in [1.165, 1.54) is 12.1 Å². The van der Waals surface area contributed by atoms with E-state index in [9.17, 15) is 4.39 Å². The van der Waals surface area contributed by atoms with Gasteiger partial charge in [-0.3, -0.25) is 5.43 Å². The minimum atomic E-state index is -0.285. The number of halogens is 1. The zero-order valence-corrected chi connectivity index (χ0v) is 10.7. The van der Waals surface area contributed by atoms with Gasteiger partial charge in [0, 0.05) is 5.56 Å². The van der Waals surface area contributed by atoms with Crippen LogP contribution in [-0.2, 0) is 0 Å². The van der Waals surface area contributed by atoms with Crippen molar-refractivity contribution in [3.63, 3.8) is 0 Å². The number of nitrogens with zero attached hydrogens (tertiary/aromatic N) is 1. The predicted octanol–water partition coefficient (Wildman–Crippen LogP) is 3.28. The lowest BCUT2D eigenvalue weighted by Gasteiger charge is -2.05. The maximum atomic E-state index is 12.7. The Bertz CT molecular complexity index is 630. The maximum absolute atomic E-state index is 12.7. The molecule has 0 radical (unpaired) electrons. The molecule has 0 spiro atoms. The minimum Gasteiger partial charge on any atom is -0.480 e. The van der Waals surface area contributed by atoms with Crippen LogP contribution in [0.15, 0.2) is 53.6 Å². The lowest BCUT2D eigenvalue weighted by Crippen LogP contribution is -1.98. The molecule has 0 unspecified atom stereocenters. The largest absolute Gasteiger partial charge is 0.480 e. The van der Waals surface area contributed by atoms with Gasteiger partial charge in [-0.1, -0.05) is 18.1 Å². The van der Waals surface area contributed by atoms with Gasteiger partial charge >= 0.3 is 0 Å². The number of nitrogens with one attached hydrogen (secondary N) is 1. The molecular weight excluding hydrogens is 255 g/mol. The summed E-state index contributed by atoms with van der Waals surface area (Å²) >= 11 is 0. The molecule has 0 aliphatic rings. The van der Waals surface area contributed by atoms with Crippen LogP contribution in [0.4, 0.5) is 10.1 Å². The molecule has 0 saturated carbocycles. The maximum Gasteiger partial charge on any atom is 0.148 e. The first-order valence-electron chi connectivity index (χ1n) is 5.99. The predicted molar refractivity (Wildman–Crippen MR) is 78.4 cm³/mol. The highest BCUT2D eigenvalue weighted by Crippen LogP contribution is 2.16. The highest BCUT2D eigenvalue weighted by molar-refractivity contribution is 5.84. The third-order valence-corrected chi connectivity index (χ3v) is 2.47. The van der Waals surface area contributed by atoms with Crippen LogP contribution in [0.5, 0.6) is 5.75 Å². The summed E-state index contributed by atoms with van der Waals surface area (Å²) in [5.74, 6) is 2.79. The van der Waals surface area contributed by atoms with Gasteiger partial charge in [-0.05, 0) is 36.4 Å². The van der Waals surface area contributed by atoms with Gasteiger partial charge in [-0.2, -0.15) is 5.10 Å². The average molecular weight is 268 g/mol. The van der Waals surface area contributed by atoms with Crippen LogP contribution in [0.3, 0.4) is 0 Å². The SMILES string of the molecule is C#CCOc1ccccc1/C=N\Nc1ccc(F)cc1. The van der Waals surface area contributed by atoms with E-state index in [-0.39, 0.29) is 12.4 Å². The smallest absolute Gasteiger partial charge is 0.148 e. The Morgan fingerprint density at radius 2 is 1.95 bits per heavy atom. The van der Waals surface area contributed by atoms with Crippen LogP contribution in [0.1, 0.15) is 5.56 Å². The molecule has 0 heterocycles. The van der Waals surface area contributed by atoms with Crippen molar-refractivity contribution in [2.75, 3.05) is 12.0 Å². The fraction of sp³-hybridized carbons (Fsp3) is 0.0625. The highest BCUT2D eigenvalue weighted by atomic mass is 19.1. The number of hydrazone groups is 1. The third kappa shape index (κ3) is 3.85. The molecule has 2 rings (SSSR count). The summed E-state index contributed by atoms with van der Waals surface area (Å²) in [6.07, 6.45) is 6.78. The second-order valence-corrected chi connectivity index (χ2v) is 3.91. The zero-order chi connectivity index (χ0) is 14.2. The molecule has 0 aliphatic carbocycles. The molecule has 2 aromatic carbocycles. The van der Waals surface area contributed by atoms with Gasteiger partial charge in [0.1, 0.15) is 18.2 Å². The van der Waals surface area contributed by atoms with Crippen molar-refractivity contribution in [2.45, 2.75) is 0 Å². The summed E-state index contributed by atoms with van der Waals surface area (Å²) in [5, 5.41) is 4.08. The molecule has 0 atom stereocenters. The number of rotatable bonds is 5. The van der Waals surface area contributed by atoms with Crippen LogP contribution >= 0.6 is 0 Å². The van der Waals surface area contributed by atoms with Crippen molar-refractivity contribution in [1.29, 1.82) is 0 Å². The topological polar surface area (TPSA) is 33.6 Å². The Labute approximate surface area is 117 Å². The number of hydrogen-bond donors (Lipinski definition) is 1. The van der Waals surface area contributed by atoms with Crippen LogP contribution in [0.2, 0.25) is 0 Å². The summed E-state index contributed by atoms with van der Waals surface area (Å²) < 4.78 is 18.1. The first kappa shape index (κ1) is 13.6. The molecule has 0 aromatic heterocycles. The molecule has 1 N–H and O–H groups in total. The van der Waals surface area contributed by atoms with E-state index >= 15 is 0 Å². The van der Waals surface area contributed by atoms with Gasteiger partial charge in [-0.15, -0.1) is 6.42 Å². The van der Waals surface area contributed by atoms with Crippen molar-refractivity contribution in [2.24, 2.45) is 5.10 Å². The molecule has 0 fully saturated rings. The molecule has 0 saturated heterocycles. The Kier molecular flexibility index (Phi) is 4.74. The van der Waals surface area contributed by atoms with Gasteiger partial charge in [0.15, 0.2) is 0 Å². The number of ether oxygens (including phenoxy) is 1. The summed E-state index contributed by atoms with van der Waals surface area (Å²) in [6, 6.07) is 13.3. The first-order valence-corrected chi connectivity index (χ1v) is 5.99. The Morgan fingerprint density at radius 3 is 2.70 bits per heavy atom. The number of para-hydroxylation sites is 1. The summed E-state index contributed by atoms with van der Waals surface area (Å²) in [7, 11) is 0. The summed E-state index contributed by atoms with van der Waals surface area (Å²) in [4.78, 5) is 0. The van der Waals surface area contributed by atoms with Crippen LogP contribution in [-0.4, -0.2) is 12.8 Å². The van der Waals surface area contributed by atoms with Gasteiger partial charge < -0.3 is 4.74 Å². The lowest BCUT2D eigenvalue weighted by atomic mass is 10.2. The number of terminal acetylenes is 1. The molecule has 4 heteroatoms. The van der Waals surface area contributed by atoms with Crippen molar-refractivity contribution in [3.05, 3.63) is 59.9 Å². The summed E-state index contributed by atoms with van der Waals surface area (Å²) in [6.45, 7) is 0.205. The van der Waals surface area contributed by atoms with E-state index in [4.69, 9.17) is 11.2 Å². The molecule has 0 amide bonds. The monoisotopic (exact) mass is 268 g/mol. The normalized spacial score (nSPS) is 10.2. The van der Waals surface area contributed by atoms with Crippen molar-refractivity contribution in [3.8, 4) is 18.1 Å². The van der Waals surface area contributed by atoms with Crippen molar-refractivity contribution >= 4 is 11.9 Å². The fourth-order valence-electron chi connectivity index (χ4n) is 1.54. The van der Waals surface area contributed by atoms with E-state index in [1.807, 2.05) is 24.3 Å². The molecule has 100 valence electrons. The van der Waals surface area contributed by atoms with Gasteiger partial charge in [0.05, 0.1) is 11.9 Å². The van der Waals surface area contributed by atoms with E-state index in [0.29, 0.717) is 11.4 Å². The van der Waals surface area contributed by atoms with Gasteiger partial charge in [0.2, 0.25) is 0 Å². The van der Waals surface area contributed by atoms with E-state index in [0.717, 1.165) is 5.56 Å². The Balaban J connectivity index is 2.04. The molecule has 0 bridgehead atoms. The molecule has 2 aromatic rings. The highest BCUT2D eigenvalue weighted by Gasteiger charge is 1.99.